The van der Waals surface area contributed by atoms with Gasteiger partial charge in [0.25, 0.3) is 0 Å². The van der Waals surface area contributed by atoms with Gasteiger partial charge >= 0.3 is 0 Å². The lowest BCUT2D eigenvalue weighted by atomic mass is 9.99. The lowest BCUT2D eigenvalue weighted by molar-refractivity contribution is 0.112. The van der Waals surface area contributed by atoms with Crippen molar-refractivity contribution in [2.75, 3.05) is 6.61 Å². The number of aromatic amines is 1. The maximum Gasteiger partial charge on any atom is 0.154 e. The Morgan fingerprint density at radius 1 is 1.26 bits per heavy atom. The summed E-state index contributed by atoms with van der Waals surface area (Å²) in [6, 6.07) is 4.01. The van der Waals surface area contributed by atoms with E-state index in [2.05, 4.69) is 10.2 Å². The minimum absolute atomic E-state index is 0.617. The number of H-pyrrole nitrogens is 1. The minimum Gasteiger partial charge on any atom is -0.494 e. The molecule has 1 N–H and O–H groups in total. The van der Waals surface area contributed by atoms with E-state index >= 15 is 0 Å². The van der Waals surface area contributed by atoms with Crippen molar-refractivity contribution in [3.8, 4) is 17.0 Å². The molecule has 0 aliphatic rings. The van der Waals surface area contributed by atoms with Gasteiger partial charge in [-0.25, -0.2) is 0 Å². The molecule has 0 spiro atoms. The fourth-order valence-corrected chi connectivity index (χ4v) is 2.14. The van der Waals surface area contributed by atoms with Gasteiger partial charge in [-0.1, -0.05) is 0 Å². The minimum atomic E-state index is 0.617. The van der Waals surface area contributed by atoms with Crippen LogP contribution in [0.25, 0.3) is 11.3 Å². The number of benzene rings is 1. The van der Waals surface area contributed by atoms with Gasteiger partial charge in [-0.05, 0) is 51.0 Å². The number of carbonyl (C=O) groups excluding carboxylic acids is 1. The van der Waals surface area contributed by atoms with Crippen LogP contribution in [-0.4, -0.2) is 23.1 Å². The molecular formula is C15H18N2O2. The van der Waals surface area contributed by atoms with Gasteiger partial charge in [0, 0.05) is 11.3 Å². The zero-order valence-corrected chi connectivity index (χ0v) is 11.7. The molecule has 0 amide bonds. The molecule has 2 rings (SSSR count). The monoisotopic (exact) mass is 258 g/mol. The van der Waals surface area contributed by atoms with Gasteiger partial charge in [-0.3, -0.25) is 9.89 Å². The highest BCUT2D eigenvalue weighted by Gasteiger charge is 2.15. The van der Waals surface area contributed by atoms with Crippen molar-refractivity contribution in [3.05, 3.63) is 34.5 Å². The predicted octanol–water partition coefficient (Wildman–Crippen LogP) is 3.21. The highest BCUT2D eigenvalue weighted by molar-refractivity contribution is 5.88. The number of aldehydes is 1. The third-order valence-corrected chi connectivity index (χ3v) is 3.19. The van der Waals surface area contributed by atoms with Gasteiger partial charge in [0.2, 0.25) is 0 Å². The second-order valence-corrected chi connectivity index (χ2v) is 4.59. The summed E-state index contributed by atoms with van der Waals surface area (Å²) in [6.07, 6.45) is 0.847. The molecule has 0 fully saturated rings. The molecular weight excluding hydrogens is 240 g/mol. The molecule has 0 bridgehead atoms. The molecule has 2 aromatic rings. The normalized spacial score (nSPS) is 10.5. The molecule has 0 radical (unpaired) electrons. The number of hydrogen-bond donors (Lipinski definition) is 1. The highest BCUT2D eigenvalue weighted by Crippen LogP contribution is 2.31. The van der Waals surface area contributed by atoms with E-state index in [0.717, 1.165) is 34.4 Å². The molecule has 0 saturated heterocycles. The Morgan fingerprint density at radius 2 is 2.00 bits per heavy atom. The van der Waals surface area contributed by atoms with Crippen molar-refractivity contribution in [3.63, 3.8) is 0 Å². The molecule has 0 atom stereocenters. The van der Waals surface area contributed by atoms with E-state index in [4.69, 9.17) is 4.74 Å². The van der Waals surface area contributed by atoms with Gasteiger partial charge in [0.05, 0.1) is 12.2 Å². The molecule has 1 aromatic carbocycles. The Hall–Kier alpha value is -2.10. The Bertz CT molecular complexity index is 615. The smallest absolute Gasteiger partial charge is 0.154 e. The molecule has 4 heteroatoms. The van der Waals surface area contributed by atoms with E-state index in [1.54, 1.807) is 0 Å². The van der Waals surface area contributed by atoms with Crippen molar-refractivity contribution in [1.29, 1.82) is 0 Å². The van der Waals surface area contributed by atoms with E-state index in [0.29, 0.717) is 17.9 Å². The molecule has 4 nitrogen and oxygen atoms in total. The fourth-order valence-electron chi connectivity index (χ4n) is 2.14. The molecule has 19 heavy (non-hydrogen) atoms. The molecule has 1 aromatic heterocycles. The molecule has 1 heterocycles. The van der Waals surface area contributed by atoms with Gasteiger partial charge in [-0.15, -0.1) is 0 Å². The molecule has 0 aliphatic carbocycles. The number of aromatic nitrogens is 2. The number of nitrogens with one attached hydrogen (secondary N) is 1. The molecule has 0 aliphatic heterocycles. The van der Waals surface area contributed by atoms with E-state index in [-0.39, 0.29) is 0 Å². The summed E-state index contributed by atoms with van der Waals surface area (Å²) in [5, 5.41) is 7.10. The van der Waals surface area contributed by atoms with Crippen LogP contribution in [0, 0.1) is 20.8 Å². The number of carbonyl (C=O) groups is 1. The summed E-state index contributed by atoms with van der Waals surface area (Å²) in [6.45, 7) is 8.44. The number of hydrogen-bond acceptors (Lipinski definition) is 3. The number of ether oxygens (including phenoxy) is 1. The first-order chi connectivity index (χ1) is 9.08. The number of aryl methyl sites for hydroxylation is 3. The maximum absolute atomic E-state index is 11.2. The van der Waals surface area contributed by atoms with Gasteiger partial charge in [-0.2, -0.15) is 5.10 Å². The Morgan fingerprint density at radius 3 is 2.63 bits per heavy atom. The Kier molecular flexibility index (Phi) is 3.69. The van der Waals surface area contributed by atoms with Crippen LogP contribution >= 0.6 is 0 Å². The lowest BCUT2D eigenvalue weighted by Gasteiger charge is -2.11. The molecule has 100 valence electrons. The average Bonchev–Trinajstić information content (AvgIpc) is 2.74. The van der Waals surface area contributed by atoms with Gasteiger partial charge < -0.3 is 4.74 Å². The highest BCUT2D eigenvalue weighted by atomic mass is 16.5. The third-order valence-electron chi connectivity index (χ3n) is 3.19. The van der Waals surface area contributed by atoms with Crippen molar-refractivity contribution >= 4 is 6.29 Å². The van der Waals surface area contributed by atoms with Crippen LogP contribution in [0.4, 0.5) is 0 Å². The predicted molar refractivity (Wildman–Crippen MR) is 74.8 cm³/mol. The second-order valence-electron chi connectivity index (χ2n) is 4.59. The van der Waals surface area contributed by atoms with Crippen LogP contribution in [0.2, 0.25) is 0 Å². The molecule has 0 unspecified atom stereocenters. The SMILES string of the molecule is CCOc1cc(C)c(-c2n[nH]c(C)c2C=O)cc1C. The van der Waals surface area contributed by atoms with Crippen LogP contribution in [0.3, 0.4) is 0 Å². The maximum atomic E-state index is 11.2. The number of nitrogens with zero attached hydrogens (tertiary/aromatic N) is 1. The van der Waals surface area contributed by atoms with E-state index < -0.39 is 0 Å². The van der Waals surface area contributed by atoms with Gasteiger partial charge in [0.1, 0.15) is 11.4 Å². The van der Waals surface area contributed by atoms with Crippen LogP contribution < -0.4 is 4.74 Å². The standard InChI is InChI=1S/C15H18N2O2/c1-5-19-14-7-9(2)12(6-10(14)3)15-13(8-18)11(4)16-17-15/h6-8H,5H2,1-4H3,(H,16,17). The first-order valence-corrected chi connectivity index (χ1v) is 6.33. The van der Waals surface area contributed by atoms with Crippen molar-refractivity contribution in [2.24, 2.45) is 0 Å². The fraction of sp³-hybridized carbons (Fsp3) is 0.333. The van der Waals surface area contributed by atoms with Crippen LogP contribution in [0.1, 0.15) is 34.1 Å². The first-order valence-electron chi connectivity index (χ1n) is 6.33. The summed E-state index contributed by atoms with van der Waals surface area (Å²) in [5.74, 6) is 0.878. The summed E-state index contributed by atoms with van der Waals surface area (Å²) in [7, 11) is 0. The van der Waals surface area contributed by atoms with E-state index in [9.17, 15) is 4.79 Å². The van der Waals surface area contributed by atoms with Gasteiger partial charge in [0.15, 0.2) is 6.29 Å². The van der Waals surface area contributed by atoms with Crippen LogP contribution in [-0.2, 0) is 0 Å². The second kappa shape index (κ2) is 5.26. The van der Waals surface area contributed by atoms with Crippen molar-refractivity contribution < 1.29 is 9.53 Å². The Balaban J connectivity index is 2.57. The zero-order chi connectivity index (χ0) is 14.0. The quantitative estimate of drug-likeness (QED) is 0.857. The largest absolute Gasteiger partial charge is 0.494 e. The third kappa shape index (κ3) is 2.38. The number of rotatable bonds is 4. The molecule has 0 saturated carbocycles. The zero-order valence-electron chi connectivity index (χ0n) is 11.7. The summed E-state index contributed by atoms with van der Waals surface area (Å²) in [5.41, 5.74) is 5.16. The van der Waals surface area contributed by atoms with E-state index in [1.807, 2.05) is 39.8 Å². The van der Waals surface area contributed by atoms with Crippen LogP contribution in [0.5, 0.6) is 5.75 Å². The summed E-state index contributed by atoms with van der Waals surface area (Å²) < 4.78 is 5.57. The van der Waals surface area contributed by atoms with Crippen LogP contribution in [0.15, 0.2) is 12.1 Å². The lowest BCUT2D eigenvalue weighted by Crippen LogP contribution is -1.97. The van der Waals surface area contributed by atoms with Crippen molar-refractivity contribution in [1.82, 2.24) is 10.2 Å². The van der Waals surface area contributed by atoms with E-state index in [1.165, 1.54) is 0 Å². The average molecular weight is 258 g/mol. The van der Waals surface area contributed by atoms with Crippen molar-refractivity contribution in [2.45, 2.75) is 27.7 Å². The Labute approximate surface area is 112 Å². The topological polar surface area (TPSA) is 55.0 Å². The summed E-state index contributed by atoms with van der Waals surface area (Å²) in [4.78, 5) is 11.2. The first kappa shape index (κ1) is 13.3. The summed E-state index contributed by atoms with van der Waals surface area (Å²) >= 11 is 0.